The van der Waals surface area contributed by atoms with E-state index >= 15 is 0 Å². The maximum absolute atomic E-state index is 13.9. The van der Waals surface area contributed by atoms with Gasteiger partial charge >= 0.3 is 0 Å². The summed E-state index contributed by atoms with van der Waals surface area (Å²) in [7, 11) is 0. The van der Waals surface area contributed by atoms with Crippen LogP contribution in [0.15, 0.2) is 55.4 Å². The monoisotopic (exact) mass is 762 g/mol. The van der Waals surface area contributed by atoms with E-state index in [-0.39, 0.29) is 34.7 Å². The zero-order valence-corrected chi connectivity index (χ0v) is 32.3. The molecule has 1 aliphatic carbocycles. The van der Waals surface area contributed by atoms with Crippen LogP contribution in [0.25, 0.3) is 5.69 Å². The molecule has 6 heterocycles. The zero-order chi connectivity index (χ0) is 39.3. The normalized spacial score (nSPS) is 19.8. The first-order valence-electron chi connectivity index (χ1n) is 19.4. The summed E-state index contributed by atoms with van der Waals surface area (Å²) in [5.74, 6) is -0.736. The number of nitrogens with one attached hydrogen (secondary N) is 2. The first kappa shape index (κ1) is 37.4. The molecule has 4 aromatic rings. The van der Waals surface area contributed by atoms with Crippen LogP contribution in [-0.2, 0) is 35.5 Å². The molecule has 1 atom stereocenters. The molecule has 4 aliphatic rings. The lowest BCUT2D eigenvalue weighted by Crippen LogP contribution is -2.56. The Labute approximate surface area is 326 Å². The van der Waals surface area contributed by atoms with Crippen molar-refractivity contribution in [3.05, 3.63) is 83.5 Å². The van der Waals surface area contributed by atoms with Crippen molar-refractivity contribution < 1.29 is 24.2 Å². The highest BCUT2D eigenvalue weighted by Crippen LogP contribution is 2.40. The van der Waals surface area contributed by atoms with Crippen LogP contribution >= 0.6 is 0 Å². The smallest absolute Gasteiger partial charge is 0.276 e. The molecule has 2 saturated heterocycles. The number of aliphatic hydroxyl groups excluding tert-OH is 1. The van der Waals surface area contributed by atoms with Gasteiger partial charge in [-0.2, -0.15) is 0 Å². The number of hydrogen-bond acceptors (Lipinski definition) is 10. The van der Waals surface area contributed by atoms with E-state index in [4.69, 9.17) is 15.6 Å². The number of pyridine rings is 1. The van der Waals surface area contributed by atoms with E-state index in [0.29, 0.717) is 53.3 Å². The Morgan fingerprint density at radius 1 is 1.09 bits per heavy atom. The fourth-order valence-corrected chi connectivity index (χ4v) is 8.96. The van der Waals surface area contributed by atoms with Crippen molar-refractivity contribution in [1.82, 2.24) is 24.2 Å². The minimum absolute atomic E-state index is 0.107. The lowest BCUT2D eigenvalue weighted by molar-refractivity contribution is -0.111. The predicted molar refractivity (Wildman–Crippen MR) is 214 cm³/mol. The minimum Gasteiger partial charge on any atom is -0.391 e. The van der Waals surface area contributed by atoms with Crippen molar-refractivity contribution in [2.75, 3.05) is 59.8 Å². The number of rotatable bonds is 10. The fraction of sp³-hybridized carbons (Fsp3) is 0.439. The molecule has 8 rings (SSSR count). The Morgan fingerprint density at radius 3 is 2.62 bits per heavy atom. The highest BCUT2D eigenvalue weighted by Gasteiger charge is 2.38. The number of ether oxygens (including phenoxy) is 1. The summed E-state index contributed by atoms with van der Waals surface area (Å²) in [6, 6.07) is 10.00. The van der Waals surface area contributed by atoms with Crippen molar-refractivity contribution >= 4 is 46.4 Å². The van der Waals surface area contributed by atoms with Crippen LogP contribution in [0.4, 0.5) is 28.7 Å². The number of aromatic nitrogens is 4. The van der Waals surface area contributed by atoms with Gasteiger partial charge in [0.2, 0.25) is 5.91 Å². The van der Waals surface area contributed by atoms with Gasteiger partial charge in [0.25, 0.3) is 11.8 Å². The van der Waals surface area contributed by atoms with Crippen molar-refractivity contribution in [2.24, 2.45) is 11.1 Å². The molecular formula is C41H50N10O5. The van der Waals surface area contributed by atoms with Gasteiger partial charge in [0.05, 0.1) is 23.7 Å². The molecule has 3 amide bonds. The number of aliphatic hydroxyl groups is 1. The first-order chi connectivity index (χ1) is 26.9. The zero-order valence-electron chi connectivity index (χ0n) is 32.3. The van der Waals surface area contributed by atoms with Gasteiger partial charge in [-0.1, -0.05) is 20.4 Å². The average Bonchev–Trinajstić information content (AvgIpc) is 3.85. The molecule has 0 unspecified atom stereocenters. The van der Waals surface area contributed by atoms with Gasteiger partial charge in [0.15, 0.2) is 5.82 Å². The van der Waals surface area contributed by atoms with Crippen LogP contribution in [0.5, 0.6) is 0 Å². The molecular weight excluding hydrogens is 713 g/mol. The number of nitrogens with zero attached hydrogens (tertiary/aromatic N) is 7. The Hall–Kier alpha value is -5.51. The Bertz CT molecular complexity index is 2200. The summed E-state index contributed by atoms with van der Waals surface area (Å²) in [5.41, 5.74) is 12.0. The largest absolute Gasteiger partial charge is 0.391 e. The number of fused-ring (bicyclic) bond motifs is 3. The quantitative estimate of drug-likeness (QED) is 0.173. The number of primary amides is 1. The maximum atomic E-state index is 13.9. The summed E-state index contributed by atoms with van der Waals surface area (Å²) < 4.78 is 9.17. The standard InChI is InChI=1S/C41H50N10O5/c1-5-36(53)45-31-19-27(6-7-33(31)48-13-12-47(22-25(48)2)28-9-16-56-17-10-28)44-38-29(37(42)54)23-51(46-38)32-8-11-43-39(30(32)24-52)50-15-14-49-34(40(50)55)18-26-20-41(3,4)21-35(26)49/h5-8,11,18-19,23,25,28,52H,1,9-10,12-17,20-22,24H2,2-4H3,(H2,42,54)(H,44,46)(H,45,53)/t25-/m0/s1. The molecule has 2 fully saturated rings. The number of carbonyl (C=O) groups is 3. The number of hydrogen-bond donors (Lipinski definition) is 4. The molecule has 0 saturated carbocycles. The molecule has 294 valence electrons. The van der Waals surface area contributed by atoms with Gasteiger partial charge in [-0.15, -0.1) is 5.10 Å². The Morgan fingerprint density at radius 2 is 1.89 bits per heavy atom. The number of benzene rings is 1. The van der Waals surface area contributed by atoms with Crippen molar-refractivity contribution in [1.29, 1.82) is 0 Å². The van der Waals surface area contributed by atoms with Gasteiger partial charge in [-0.3, -0.25) is 24.2 Å². The highest BCUT2D eigenvalue weighted by atomic mass is 16.5. The van der Waals surface area contributed by atoms with Gasteiger partial charge < -0.3 is 35.7 Å². The number of carbonyl (C=O) groups excluding carboxylic acids is 3. The third-order valence-corrected chi connectivity index (χ3v) is 11.7. The van der Waals surface area contributed by atoms with E-state index < -0.39 is 12.5 Å². The molecule has 5 N–H and O–H groups in total. The molecule has 1 aromatic carbocycles. The molecule has 0 bridgehead atoms. The van der Waals surface area contributed by atoms with E-state index in [9.17, 15) is 19.5 Å². The van der Waals surface area contributed by atoms with Crippen LogP contribution in [0, 0.1) is 5.41 Å². The molecule has 56 heavy (non-hydrogen) atoms. The summed E-state index contributed by atoms with van der Waals surface area (Å²) >= 11 is 0. The van der Waals surface area contributed by atoms with Gasteiger partial charge in [-0.25, -0.2) is 9.67 Å². The summed E-state index contributed by atoms with van der Waals surface area (Å²) in [6.07, 6.45) is 8.20. The molecule has 3 aliphatic heterocycles. The maximum Gasteiger partial charge on any atom is 0.276 e. The topological polar surface area (TPSA) is 176 Å². The van der Waals surface area contributed by atoms with Crippen LogP contribution in [0.2, 0.25) is 0 Å². The second-order valence-electron chi connectivity index (χ2n) is 16.0. The van der Waals surface area contributed by atoms with E-state index in [2.05, 4.69) is 57.3 Å². The summed E-state index contributed by atoms with van der Waals surface area (Å²) in [4.78, 5) is 50.4. The predicted octanol–water partition coefficient (Wildman–Crippen LogP) is 4.00. The number of piperazine rings is 1. The Kier molecular flexibility index (Phi) is 9.93. The third-order valence-electron chi connectivity index (χ3n) is 11.7. The van der Waals surface area contributed by atoms with E-state index in [0.717, 1.165) is 64.2 Å². The second kappa shape index (κ2) is 14.9. The molecule has 15 nitrogen and oxygen atoms in total. The van der Waals surface area contributed by atoms with Crippen molar-refractivity contribution in [3.8, 4) is 5.69 Å². The van der Waals surface area contributed by atoms with Crippen LogP contribution in [0.1, 0.15) is 71.3 Å². The van der Waals surface area contributed by atoms with Crippen LogP contribution in [-0.4, -0.2) is 98.5 Å². The van der Waals surface area contributed by atoms with Crippen LogP contribution in [0.3, 0.4) is 0 Å². The number of amides is 3. The summed E-state index contributed by atoms with van der Waals surface area (Å²) in [6.45, 7) is 15.1. The van der Waals surface area contributed by atoms with Gasteiger partial charge in [-0.05, 0) is 80.0 Å². The van der Waals surface area contributed by atoms with Crippen molar-refractivity contribution in [3.63, 3.8) is 0 Å². The molecule has 0 radical (unpaired) electrons. The highest BCUT2D eigenvalue weighted by molar-refractivity contribution is 6.06. The average molecular weight is 763 g/mol. The van der Waals surface area contributed by atoms with E-state index in [1.54, 1.807) is 23.2 Å². The minimum atomic E-state index is -0.713. The molecule has 3 aromatic heterocycles. The second-order valence-corrected chi connectivity index (χ2v) is 16.0. The Balaban J connectivity index is 1.06. The number of anilines is 5. The third kappa shape index (κ3) is 6.94. The SMILES string of the molecule is C=CC(=O)Nc1cc(Nc2nn(-c3ccnc(N4CCn5c(cc6c5CC(C)(C)C6)C4=O)c3CO)cc2C(N)=O)ccc1N1CCN(C2CCOCC2)C[C@@H]1C. The van der Waals surface area contributed by atoms with Crippen LogP contribution < -0.4 is 26.2 Å². The van der Waals surface area contributed by atoms with E-state index in [1.807, 2.05) is 18.2 Å². The molecule has 15 heteroatoms. The first-order valence-corrected chi connectivity index (χ1v) is 19.4. The van der Waals surface area contributed by atoms with Gasteiger partial charge in [0.1, 0.15) is 17.1 Å². The lowest BCUT2D eigenvalue weighted by atomic mass is 9.90. The lowest BCUT2D eigenvalue weighted by Gasteiger charge is -2.45. The number of nitrogens with two attached hydrogens (primary N) is 1. The van der Waals surface area contributed by atoms with Crippen molar-refractivity contribution in [2.45, 2.75) is 71.7 Å². The molecule has 0 spiro atoms. The van der Waals surface area contributed by atoms with Gasteiger partial charge in [0, 0.05) is 87.4 Å². The summed E-state index contributed by atoms with van der Waals surface area (Å²) in [5, 5.41) is 21.6. The fourth-order valence-electron chi connectivity index (χ4n) is 8.96. The van der Waals surface area contributed by atoms with E-state index in [1.165, 1.54) is 28.2 Å².